The zero-order valence-electron chi connectivity index (χ0n) is 13.6. The number of carbonyl (C=O) groups excluding carboxylic acids is 3. The molecule has 1 aliphatic heterocycles. The lowest BCUT2D eigenvalue weighted by Crippen LogP contribution is -2.27. The lowest BCUT2D eigenvalue weighted by atomic mass is 9.92. The number of hydrogen-bond donors (Lipinski definition) is 1. The number of fused-ring (bicyclic) bond motifs is 2. The number of nitro benzene ring substituents is 1. The molecule has 0 saturated heterocycles. The molecule has 1 spiro atoms. The third kappa shape index (κ3) is 2.26. The summed E-state index contributed by atoms with van der Waals surface area (Å²) in [6.07, 6.45) is 0. The van der Waals surface area contributed by atoms with Gasteiger partial charge in [-0.15, -0.1) is 0 Å². The molecule has 0 radical (unpaired) electrons. The highest BCUT2D eigenvalue weighted by atomic mass is 16.6. The molecule has 1 aliphatic carbocycles. The fourth-order valence-corrected chi connectivity index (χ4v) is 3.56. The van der Waals surface area contributed by atoms with E-state index in [2.05, 4.69) is 5.32 Å². The van der Waals surface area contributed by atoms with E-state index < -0.39 is 40.0 Å². The van der Waals surface area contributed by atoms with Crippen molar-refractivity contribution < 1.29 is 28.8 Å². The monoisotopic (exact) mass is 348 g/mol. The summed E-state index contributed by atoms with van der Waals surface area (Å²) in [4.78, 5) is 47.7. The molecular formula is C16H16N2O7. The van der Waals surface area contributed by atoms with Crippen LogP contribution in [0.3, 0.4) is 0 Å². The van der Waals surface area contributed by atoms with Gasteiger partial charge in [-0.2, -0.15) is 0 Å². The number of rotatable bonds is 5. The maximum absolute atomic E-state index is 12.6. The van der Waals surface area contributed by atoms with Gasteiger partial charge < -0.3 is 14.8 Å². The van der Waals surface area contributed by atoms with Crippen LogP contribution in [0.5, 0.6) is 0 Å². The Morgan fingerprint density at radius 3 is 2.24 bits per heavy atom. The van der Waals surface area contributed by atoms with Crippen molar-refractivity contribution in [3.8, 4) is 0 Å². The van der Waals surface area contributed by atoms with Crippen LogP contribution in [0.1, 0.15) is 19.4 Å². The topological polar surface area (TPSA) is 125 Å². The van der Waals surface area contributed by atoms with Crippen LogP contribution >= 0.6 is 0 Å². The second-order valence-corrected chi connectivity index (χ2v) is 5.77. The third-order valence-electron chi connectivity index (χ3n) is 4.57. The maximum atomic E-state index is 12.6. The molecule has 9 heteroatoms. The Hall–Kier alpha value is -2.97. The number of esters is 2. The highest BCUT2D eigenvalue weighted by Gasteiger charge is 2.80. The number of carbonyl (C=O) groups is 3. The summed E-state index contributed by atoms with van der Waals surface area (Å²) >= 11 is 0. The first kappa shape index (κ1) is 16.9. The average Bonchev–Trinajstić information content (AvgIpc) is 3.18. The average molecular weight is 348 g/mol. The highest BCUT2D eigenvalue weighted by molar-refractivity contribution is 6.17. The van der Waals surface area contributed by atoms with Crippen LogP contribution in [-0.4, -0.2) is 36.0 Å². The minimum atomic E-state index is -1.51. The number of nitrogens with zero attached hydrogens (tertiary/aromatic N) is 1. The second kappa shape index (κ2) is 5.83. The molecule has 25 heavy (non-hydrogen) atoms. The molecule has 2 aliphatic rings. The van der Waals surface area contributed by atoms with Crippen LogP contribution in [0, 0.1) is 22.0 Å². The predicted molar refractivity (Wildman–Crippen MR) is 83.7 cm³/mol. The van der Waals surface area contributed by atoms with Crippen molar-refractivity contribution in [3.05, 3.63) is 33.9 Å². The molecule has 1 fully saturated rings. The molecule has 2 atom stereocenters. The van der Waals surface area contributed by atoms with Gasteiger partial charge >= 0.3 is 11.9 Å². The van der Waals surface area contributed by atoms with E-state index in [4.69, 9.17) is 9.47 Å². The van der Waals surface area contributed by atoms with Gasteiger partial charge in [0.15, 0.2) is 0 Å². The van der Waals surface area contributed by atoms with Gasteiger partial charge in [-0.25, -0.2) is 0 Å². The second-order valence-electron chi connectivity index (χ2n) is 5.77. The molecule has 1 N–H and O–H groups in total. The van der Waals surface area contributed by atoms with Crippen LogP contribution in [-0.2, 0) is 29.3 Å². The first-order chi connectivity index (χ1) is 11.9. The first-order valence-electron chi connectivity index (χ1n) is 7.83. The normalized spacial score (nSPS) is 25.9. The fraction of sp³-hybridized carbons (Fsp3) is 0.438. The van der Waals surface area contributed by atoms with Crippen molar-refractivity contribution in [1.82, 2.24) is 0 Å². The largest absolute Gasteiger partial charge is 0.466 e. The molecule has 1 aromatic rings. The molecule has 1 saturated carbocycles. The Balaban J connectivity index is 2.11. The fourth-order valence-electron chi connectivity index (χ4n) is 3.56. The maximum Gasteiger partial charge on any atom is 0.311 e. The predicted octanol–water partition coefficient (Wildman–Crippen LogP) is 1.16. The van der Waals surface area contributed by atoms with Gasteiger partial charge in [0.1, 0.15) is 5.41 Å². The minimum Gasteiger partial charge on any atom is -0.466 e. The van der Waals surface area contributed by atoms with Crippen LogP contribution in [0.2, 0.25) is 0 Å². The van der Waals surface area contributed by atoms with Crippen molar-refractivity contribution in [2.75, 3.05) is 18.5 Å². The standard InChI is InChI=1S/C16H16N2O7/c1-3-24-13(19)11-12(14(20)25-4-2)16(11)9-7-8(18(22)23)5-6-10(9)17-15(16)21/h5-7,11-12H,3-4H2,1-2H3,(H,17,21)/t11-,12-/m1/s1. The molecule has 0 aromatic heterocycles. The van der Waals surface area contributed by atoms with E-state index >= 15 is 0 Å². The van der Waals surface area contributed by atoms with Crippen molar-refractivity contribution in [3.63, 3.8) is 0 Å². The molecule has 1 amide bonds. The smallest absolute Gasteiger partial charge is 0.311 e. The molecule has 1 aromatic carbocycles. The molecule has 3 rings (SSSR count). The highest BCUT2D eigenvalue weighted by Crippen LogP contribution is 2.65. The molecule has 132 valence electrons. The summed E-state index contributed by atoms with van der Waals surface area (Å²) in [5.41, 5.74) is -1.15. The summed E-state index contributed by atoms with van der Waals surface area (Å²) in [7, 11) is 0. The quantitative estimate of drug-likeness (QED) is 0.481. The van der Waals surface area contributed by atoms with Crippen molar-refractivity contribution in [2.24, 2.45) is 11.8 Å². The molecular weight excluding hydrogens is 332 g/mol. The van der Waals surface area contributed by atoms with E-state index in [0.29, 0.717) is 5.69 Å². The van der Waals surface area contributed by atoms with Gasteiger partial charge in [0.2, 0.25) is 5.91 Å². The number of anilines is 1. The summed E-state index contributed by atoms with van der Waals surface area (Å²) in [5.74, 6) is -4.08. The zero-order valence-corrected chi connectivity index (χ0v) is 13.6. The van der Waals surface area contributed by atoms with E-state index in [1.807, 2.05) is 0 Å². The van der Waals surface area contributed by atoms with Gasteiger partial charge in [0.25, 0.3) is 5.69 Å². The van der Waals surface area contributed by atoms with Gasteiger partial charge in [0, 0.05) is 17.8 Å². The van der Waals surface area contributed by atoms with E-state index in [0.717, 1.165) is 0 Å². The number of nitrogens with one attached hydrogen (secondary N) is 1. The van der Waals surface area contributed by atoms with E-state index in [1.165, 1.54) is 18.2 Å². The van der Waals surface area contributed by atoms with Gasteiger partial charge in [-0.3, -0.25) is 24.5 Å². The molecule has 0 unspecified atom stereocenters. The minimum absolute atomic E-state index is 0.0877. The molecule has 0 bridgehead atoms. The number of benzene rings is 1. The summed E-state index contributed by atoms with van der Waals surface area (Å²) in [5, 5.41) is 13.7. The lowest BCUT2D eigenvalue weighted by molar-refractivity contribution is -0.384. The van der Waals surface area contributed by atoms with Crippen molar-refractivity contribution in [1.29, 1.82) is 0 Å². The van der Waals surface area contributed by atoms with E-state index in [1.54, 1.807) is 13.8 Å². The van der Waals surface area contributed by atoms with Gasteiger partial charge in [0.05, 0.1) is 30.0 Å². The number of amides is 1. The van der Waals surface area contributed by atoms with Crippen molar-refractivity contribution >= 4 is 29.2 Å². The third-order valence-corrected chi connectivity index (χ3v) is 4.57. The van der Waals surface area contributed by atoms with Crippen LogP contribution in [0.25, 0.3) is 0 Å². The Bertz CT molecular complexity index is 765. The first-order valence-corrected chi connectivity index (χ1v) is 7.83. The Morgan fingerprint density at radius 1 is 1.20 bits per heavy atom. The Morgan fingerprint density at radius 2 is 1.76 bits per heavy atom. The van der Waals surface area contributed by atoms with Gasteiger partial charge in [-0.1, -0.05) is 0 Å². The molecule has 9 nitrogen and oxygen atoms in total. The van der Waals surface area contributed by atoms with Crippen LogP contribution in [0.4, 0.5) is 11.4 Å². The Kier molecular flexibility index (Phi) is 3.94. The number of hydrogen-bond acceptors (Lipinski definition) is 7. The Labute approximate surface area is 142 Å². The van der Waals surface area contributed by atoms with E-state index in [9.17, 15) is 24.5 Å². The van der Waals surface area contributed by atoms with Crippen LogP contribution < -0.4 is 5.32 Å². The van der Waals surface area contributed by atoms with E-state index in [-0.39, 0.29) is 24.5 Å². The number of ether oxygens (including phenoxy) is 2. The zero-order chi connectivity index (χ0) is 18.4. The summed E-state index contributed by atoms with van der Waals surface area (Å²) < 4.78 is 9.98. The molecule has 1 heterocycles. The number of non-ortho nitro benzene ring substituents is 1. The van der Waals surface area contributed by atoms with Gasteiger partial charge in [-0.05, 0) is 25.5 Å². The summed E-state index contributed by atoms with van der Waals surface area (Å²) in [6.45, 7) is 3.40. The SMILES string of the molecule is CCOC(=O)[C@H]1[C@H](C(=O)OCC)C12C(=O)Nc1ccc([N+](=O)[O-])cc12. The summed E-state index contributed by atoms with van der Waals surface area (Å²) in [6, 6.07) is 3.86. The lowest BCUT2D eigenvalue weighted by Gasteiger charge is -2.08. The van der Waals surface area contributed by atoms with Crippen molar-refractivity contribution in [2.45, 2.75) is 19.3 Å². The van der Waals surface area contributed by atoms with Crippen LogP contribution in [0.15, 0.2) is 18.2 Å². The number of nitro groups is 1.